The Kier molecular flexibility index (Phi) is 2.28. The Balaban J connectivity index is 2.51. The number of nitrogen functional groups attached to an aromatic ring is 2. The van der Waals surface area contributed by atoms with Gasteiger partial charge in [0.05, 0.1) is 28.0 Å². The first kappa shape index (κ1) is 11.3. The molecular weight excluding hydrogens is 242 g/mol. The first-order valence-corrected chi connectivity index (χ1v) is 5.68. The number of pyridine rings is 1. The summed E-state index contributed by atoms with van der Waals surface area (Å²) in [6.07, 6.45) is 0. The van der Waals surface area contributed by atoms with E-state index in [1.807, 2.05) is 24.3 Å². The maximum atomic E-state index is 11.1. The van der Waals surface area contributed by atoms with Gasteiger partial charge in [-0.2, -0.15) is 0 Å². The summed E-state index contributed by atoms with van der Waals surface area (Å²) >= 11 is 0. The molecule has 5 heteroatoms. The van der Waals surface area contributed by atoms with Gasteiger partial charge in [-0.1, -0.05) is 18.2 Å². The molecule has 0 fully saturated rings. The van der Waals surface area contributed by atoms with Crippen molar-refractivity contribution in [1.29, 1.82) is 0 Å². The molecule has 5 N–H and O–H groups in total. The van der Waals surface area contributed by atoms with Crippen molar-refractivity contribution in [3.8, 4) is 0 Å². The fourth-order valence-electron chi connectivity index (χ4n) is 2.17. The maximum Gasteiger partial charge on any atom is 0.335 e. The Morgan fingerprint density at radius 3 is 2.58 bits per heavy atom. The van der Waals surface area contributed by atoms with E-state index in [1.165, 1.54) is 12.1 Å². The zero-order valence-corrected chi connectivity index (χ0v) is 9.92. The smallest absolute Gasteiger partial charge is 0.335 e. The van der Waals surface area contributed by atoms with Crippen molar-refractivity contribution >= 4 is 39.1 Å². The Hall–Kier alpha value is -2.82. The summed E-state index contributed by atoms with van der Waals surface area (Å²) in [4.78, 5) is 15.5. The van der Waals surface area contributed by atoms with Crippen molar-refractivity contribution in [3.05, 3.63) is 42.0 Å². The molecule has 0 saturated heterocycles. The van der Waals surface area contributed by atoms with Gasteiger partial charge in [-0.25, -0.2) is 9.78 Å². The van der Waals surface area contributed by atoms with E-state index in [9.17, 15) is 4.79 Å². The number of nitrogens with two attached hydrogens (primary N) is 2. The lowest BCUT2D eigenvalue weighted by molar-refractivity contribution is 0.0697. The minimum atomic E-state index is -1.04. The van der Waals surface area contributed by atoms with Crippen molar-refractivity contribution in [2.24, 2.45) is 0 Å². The summed E-state index contributed by atoms with van der Waals surface area (Å²) in [6.45, 7) is 0. The van der Waals surface area contributed by atoms with E-state index in [0.29, 0.717) is 22.3 Å². The third-order valence-electron chi connectivity index (χ3n) is 3.10. The fourth-order valence-corrected chi connectivity index (χ4v) is 2.17. The molecule has 0 aliphatic rings. The third kappa shape index (κ3) is 1.63. The Bertz CT molecular complexity index is 828. The van der Waals surface area contributed by atoms with E-state index in [4.69, 9.17) is 16.6 Å². The van der Waals surface area contributed by atoms with Gasteiger partial charge in [0.25, 0.3) is 0 Å². The molecule has 94 valence electrons. The summed E-state index contributed by atoms with van der Waals surface area (Å²) in [5, 5.41) is 10.4. The van der Waals surface area contributed by atoms with Crippen LogP contribution in [0.25, 0.3) is 21.8 Å². The predicted molar refractivity (Wildman–Crippen MR) is 75.0 cm³/mol. The van der Waals surface area contributed by atoms with Crippen molar-refractivity contribution in [2.75, 3.05) is 11.5 Å². The largest absolute Gasteiger partial charge is 0.478 e. The number of aromatic nitrogens is 1. The maximum absolute atomic E-state index is 11.1. The highest BCUT2D eigenvalue weighted by molar-refractivity contribution is 6.11. The average molecular weight is 253 g/mol. The zero-order chi connectivity index (χ0) is 13.6. The molecule has 3 aromatic rings. The highest BCUT2D eigenvalue weighted by atomic mass is 16.4. The number of hydrogen-bond acceptors (Lipinski definition) is 4. The number of carboxylic acid groups (broad SMARTS) is 1. The third-order valence-corrected chi connectivity index (χ3v) is 3.10. The number of benzene rings is 2. The van der Waals surface area contributed by atoms with Gasteiger partial charge in [0, 0.05) is 10.8 Å². The molecule has 0 saturated carbocycles. The van der Waals surface area contributed by atoms with E-state index >= 15 is 0 Å². The first-order chi connectivity index (χ1) is 9.08. The number of rotatable bonds is 1. The standard InChI is InChI=1S/C14H11N3O2/c15-10-6-7(14(18)19)5-9-12(16)8-3-1-2-4-11(8)17-13(9)10/h1-6H,15H2,(H2,16,17)(H,18,19). The van der Waals surface area contributed by atoms with Crippen LogP contribution in [-0.2, 0) is 0 Å². The Morgan fingerprint density at radius 2 is 1.84 bits per heavy atom. The summed E-state index contributed by atoms with van der Waals surface area (Å²) in [7, 11) is 0. The topological polar surface area (TPSA) is 102 Å². The minimum Gasteiger partial charge on any atom is -0.478 e. The molecule has 0 radical (unpaired) electrons. The number of carbonyl (C=O) groups is 1. The lowest BCUT2D eigenvalue weighted by Crippen LogP contribution is -2.01. The number of nitrogens with zero attached hydrogens (tertiary/aromatic N) is 1. The molecule has 0 bridgehead atoms. The minimum absolute atomic E-state index is 0.105. The van der Waals surface area contributed by atoms with Crippen molar-refractivity contribution < 1.29 is 9.90 Å². The van der Waals surface area contributed by atoms with E-state index in [-0.39, 0.29) is 5.56 Å². The molecule has 0 unspecified atom stereocenters. The molecule has 0 amide bonds. The quantitative estimate of drug-likeness (QED) is 0.456. The fraction of sp³-hybridized carbons (Fsp3) is 0. The molecule has 5 nitrogen and oxygen atoms in total. The van der Waals surface area contributed by atoms with Crippen LogP contribution in [0, 0.1) is 0 Å². The van der Waals surface area contributed by atoms with E-state index < -0.39 is 5.97 Å². The van der Waals surface area contributed by atoms with Crippen LogP contribution in [-0.4, -0.2) is 16.1 Å². The predicted octanol–water partition coefficient (Wildman–Crippen LogP) is 2.25. The molecule has 19 heavy (non-hydrogen) atoms. The number of aromatic carboxylic acids is 1. The van der Waals surface area contributed by atoms with Crippen LogP contribution < -0.4 is 11.5 Å². The normalized spacial score (nSPS) is 10.9. The summed E-state index contributed by atoms with van der Waals surface area (Å²) in [5.74, 6) is -1.04. The second-order valence-electron chi connectivity index (χ2n) is 4.31. The van der Waals surface area contributed by atoms with Gasteiger partial charge in [0.1, 0.15) is 0 Å². The summed E-state index contributed by atoms with van der Waals surface area (Å²) in [6, 6.07) is 10.3. The highest BCUT2D eigenvalue weighted by Gasteiger charge is 2.12. The second-order valence-corrected chi connectivity index (χ2v) is 4.31. The van der Waals surface area contributed by atoms with Crippen LogP contribution in [0.15, 0.2) is 36.4 Å². The van der Waals surface area contributed by atoms with Crippen LogP contribution in [0.3, 0.4) is 0 Å². The molecule has 3 rings (SSSR count). The zero-order valence-electron chi connectivity index (χ0n) is 9.92. The molecule has 0 aliphatic carbocycles. The molecular formula is C14H11N3O2. The van der Waals surface area contributed by atoms with Gasteiger partial charge in [-0.3, -0.25) is 0 Å². The number of hydrogen-bond donors (Lipinski definition) is 3. The molecule has 0 spiro atoms. The van der Waals surface area contributed by atoms with Gasteiger partial charge in [-0.15, -0.1) is 0 Å². The van der Waals surface area contributed by atoms with Gasteiger partial charge < -0.3 is 16.6 Å². The van der Waals surface area contributed by atoms with Crippen molar-refractivity contribution in [3.63, 3.8) is 0 Å². The number of para-hydroxylation sites is 1. The van der Waals surface area contributed by atoms with Crippen LogP contribution in [0.4, 0.5) is 11.4 Å². The average Bonchev–Trinajstić information content (AvgIpc) is 2.40. The summed E-state index contributed by atoms with van der Waals surface area (Å²) in [5.41, 5.74) is 14.2. The lowest BCUT2D eigenvalue weighted by Gasteiger charge is -2.09. The Labute approximate surface area is 108 Å². The molecule has 1 heterocycles. The molecule has 0 aliphatic heterocycles. The summed E-state index contributed by atoms with van der Waals surface area (Å²) < 4.78 is 0. The molecule has 2 aromatic carbocycles. The molecule has 1 aromatic heterocycles. The first-order valence-electron chi connectivity index (χ1n) is 5.68. The Morgan fingerprint density at radius 1 is 1.11 bits per heavy atom. The number of anilines is 2. The second kappa shape index (κ2) is 3.84. The van der Waals surface area contributed by atoms with E-state index in [1.54, 1.807) is 0 Å². The number of carboxylic acids is 1. The molecule has 0 atom stereocenters. The SMILES string of the molecule is Nc1c2ccccc2nc2c(N)cc(C(=O)O)cc12. The monoisotopic (exact) mass is 253 g/mol. The van der Waals surface area contributed by atoms with E-state index in [0.717, 1.165) is 10.9 Å². The van der Waals surface area contributed by atoms with Crippen LogP contribution in [0.5, 0.6) is 0 Å². The van der Waals surface area contributed by atoms with Crippen LogP contribution in [0.1, 0.15) is 10.4 Å². The number of fused-ring (bicyclic) bond motifs is 2. The van der Waals surface area contributed by atoms with Crippen LogP contribution >= 0.6 is 0 Å². The van der Waals surface area contributed by atoms with Gasteiger partial charge in [0.2, 0.25) is 0 Å². The van der Waals surface area contributed by atoms with Crippen molar-refractivity contribution in [2.45, 2.75) is 0 Å². The van der Waals surface area contributed by atoms with Gasteiger partial charge in [0.15, 0.2) is 0 Å². The van der Waals surface area contributed by atoms with Crippen molar-refractivity contribution in [1.82, 2.24) is 4.98 Å². The van der Waals surface area contributed by atoms with Crippen LogP contribution in [0.2, 0.25) is 0 Å². The van der Waals surface area contributed by atoms with E-state index in [2.05, 4.69) is 4.98 Å². The highest BCUT2D eigenvalue weighted by Crippen LogP contribution is 2.31. The van der Waals surface area contributed by atoms with Gasteiger partial charge in [-0.05, 0) is 18.2 Å². The lowest BCUT2D eigenvalue weighted by atomic mass is 10.0. The van der Waals surface area contributed by atoms with Gasteiger partial charge >= 0.3 is 5.97 Å².